The highest BCUT2D eigenvalue weighted by Gasteiger charge is 2.20. The Hall–Kier alpha value is -1.51. The van der Waals surface area contributed by atoms with Crippen LogP contribution in [0, 0.1) is 0 Å². The zero-order valence-electron chi connectivity index (χ0n) is 10.4. The highest BCUT2D eigenvalue weighted by atomic mass is 35.5. The van der Waals surface area contributed by atoms with Crippen LogP contribution in [0.5, 0.6) is 11.5 Å². The molecule has 18 heavy (non-hydrogen) atoms. The van der Waals surface area contributed by atoms with Crippen LogP contribution in [-0.4, -0.2) is 5.11 Å². The summed E-state index contributed by atoms with van der Waals surface area (Å²) in [6.07, 6.45) is 0. The van der Waals surface area contributed by atoms with Crippen molar-refractivity contribution in [3.8, 4) is 11.5 Å². The van der Waals surface area contributed by atoms with Gasteiger partial charge in [-0.25, -0.2) is 0 Å². The summed E-state index contributed by atoms with van der Waals surface area (Å²) in [5.41, 5.74) is -0.209. The smallest absolute Gasteiger partial charge is 0.133 e. The summed E-state index contributed by atoms with van der Waals surface area (Å²) < 4.78 is 5.77. The summed E-state index contributed by atoms with van der Waals surface area (Å²) in [4.78, 5) is 0. The Labute approximate surface area is 112 Å². The SMILES string of the molecule is CC(C)(O)c1ccccc1Oc1cccc(Cl)c1. The van der Waals surface area contributed by atoms with Crippen molar-refractivity contribution in [2.75, 3.05) is 0 Å². The van der Waals surface area contributed by atoms with Crippen molar-refractivity contribution in [3.05, 3.63) is 59.1 Å². The van der Waals surface area contributed by atoms with Crippen molar-refractivity contribution >= 4 is 11.6 Å². The number of hydrogen-bond acceptors (Lipinski definition) is 2. The van der Waals surface area contributed by atoms with E-state index in [0.717, 1.165) is 5.56 Å². The van der Waals surface area contributed by atoms with E-state index in [9.17, 15) is 5.11 Å². The van der Waals surface area contributed by atoms with Gasteiger partial charge in [0, 0.05) is 10.6 Å². The van der Waals surface area contributed by atoms with E-state index in [1.807, 2.05) is 36.4 Å². The van der Waals surface area contributed by atoms with Crippen molar-refractivity contribution in [2.45, 2.75) is 19.4 Å². The molecule has 0 aliphatic rings. The van der Waals surface area contributed by atoms with E-state index < -0.39 is 5.60 Å². The van der Waals surface area contributed by atoms with Gasteiger partial charge in [0.25, 0.3) is 0 Å². The van der Waals surface area contributed by atoms with Crippen LogP contribution in [0.3, 0.4) is 0 Å². The third kappa shape index (κ3) is 3.03. The first-order valence-corrected chi connectivity index (χ1v) is 6.10. The van der Waals surface area contributed by atoms with Crippen LogP contribution in [-0.2, 0) is 5.60 Å². The van der Waals surface area contributed by atoms with E-state index in [1.54, 1.807) is 26.0 Å². The summed E-state index contributed by atoms with van der Waals surface area (Å²) in [6, 6.07) is 14.6. The minimum atomic E-state index is -0.949. The summed E-state index contributed by atoms with van der Waals surface area (Å²) in [5, 5.41) is 10.7. The van der Waals surface area contributed by atoms with E-state index in [2.05, 4.69) is 0 Å². The maximum atomic E-state index is 10.1. The largest absolute Gasteiger partial charge is 0.457 e. The van der Waals surface area contributed by atoms with Crippen LogP contribution in [0.4, 0.5) is 0 Å². The fourth-order valence-corrected chi connectivity index (χ4v) is 1.90. The molecule has 0 bridgehead atoms. The summed E-state index contributed by atoms with van der Waals surface area (Å²) >= 11 is 5.91. The zero-order chi connectivity index (χ0) is 13.2. The molecule has 0 aliphatic carbocycles. The Bertz CT molecular complexity index is 544. The Morgan fingerprint density at radius 1 is 1.06 bits per heavy atom. The molecule has 0 heterocycles. The zero-order valence-corrected chi connectivity index (χ0v) is 11.1. The van der Waals surface area contributed by atoms with Crippen molar-refractivity contribution in [3.63, 3.8) is 0 Å². The number of benzene rings is 2. The predicted octanol–water partition coefficient (Wildman–Crippen LogP) is 4.36. The van der Waals surface area contributed by atoms with E-state index >= 15 is 0 Å². The van der Waals surface area contributed by atoms with Gasteiger partial charge < -0.3 is 9.84 Å². The van der Waals surface area contributed by atoms with Crippen molar-refractivity contribution < 1.29 is 9.84 Å². The minimum Gasteiger partial charge on any atom is -0.457 e. The molecule has 3 heteroatoms. The molecule has 0 radical (unpaired) electrons. The Morgan fingerprint density at radius 2 is 1.78 bits per heavy atom. The average molecular weight is 263 g/mol. The van der Waals surface area contributed by atoms with Gasteiger partial charge in [-0.3, -0.25) is 0 Å². The standard InChI is InChI=1S/C15H15ClO2/c1-15(2,17)13-8-3-4-9-14(13)18-12-7-5-6-11(16)10-12/h3-10,17H,1-2H3. The predicted molar refractivity (Wildman–Crippen MR) is 73.2 cm³/mol. The number of hydrogen-bond donors (Lipinski definition) is 1. The first kappa shape index (κ1) is 12.9. The van der Waals surface area contributed by atoms with Crippen LogP contribution in [0.1, 0.15) is 19.4 Å². The molecule has 0 saturated carbocycles. The third-order valence-corrected chi connectivity index (χ3v) is 2.81. The van der Waals surface area contributed by atoms with Crippen molar-refractivity contribution in [2.24, 2.45) is 0 Å². The second-order valence-electron chi connectivity index (χ2n) is 4.61. The first-order chi connectivity index (χ1) is 8.47. The maximum absolute atomic E-state index is 10.1. The molecule has 0 saturated heterocycles. The molecule has 2 rings (SSSR count). The molecule has 0 aromatic heterocycles. The highest BCUT2D eigenvalue weighted by molar-refractivity contribution is 6.30. The Balaban J connectivity index is 2.35. The number of aliphatic hydroxyl groups is 1. The molecule has 0 aliphatic heterocycles. The molecule has 0 unspecified atom stereocenters. The summed E-state index contributed by atoms with van der Waals surface area (Å²) in [7, 11) is 0. The quantitative estimate of drug-likeness (QED) is 0.891. The van der Waals surface area contributed by atoms with Gasteiger partial charge in [0.05, 0.1) is 5.60 Å². The van der Waals surface area contributed by atoms with Gasteiger partial charge in [-0.2, -0.15) is 0 Å². The van der Waals surface area contributed by atoms with Gasteiger partial charge in [0.15, 0.2) is 0 Å². The topological polar surface area (TPSA) is 29.5 Å². The molecule has 0 spiro atoms. The van der Waals surface area contributed by atoms with Gasteiger partial charge in [-0.15, -0.1) is 0 Å². The molecule has 2 nitrogen and oxygen atoms in total. The lowest BCUT2D eigenvalue weighted by Crippen LogP contribution is -2.16. The van der Waals surface area contributed by atoms with E-state index in [-0.39, 0.29) is 0 Å². The van der Waals surface area contributed by atoms with Gasteiger partial charge in [0.2, 0.25) is 0 Å². The lowest BCUT2D eigenvalue weighted by atomic mass is 9.97. The third-order valence-electron chi connectivity index (χ3n) is 2.57. The van der Waals surface area contributed by atoms with Gasteiger partial charge in [-0.05, 0) is 38.1 Å². The molecule has 0 atom stereocenters. The van der Waals surface area contributed by atoms with Gasteiger partial charge in [-0.1, -0.05) is 35.9 Å². The number of rotatable bonds is 3. The van der Waals surface area contributed by atoms with Crippen molar-refractivity contribution in [1.82, 2.24) is 0 Å². The molecule has 0 fully saturated rings. The normalized spacial score (nSPS) is 11.3. The second-order valence-corrected chi connectivity index (χ2v) is 5.05. The van der Waals surface area contributed by atoms with Gasteiger partial charge >= 0.3 is 0 Å². The first-order valence-electron chi connectivity index (χ1n) is 5.72. The van der Waals surface area contributed by atoms with E-state index in [4.69, 9.17) is 16.3 Å². The lowest BCUT2D eigenvalue weighted by Gasteiger charge is -2.21. The number of halogens is 1. The van der Waals surface area contributed by atoms with Gasteiger partial charge in [0.1, 0.15) is 11.5 Å². The van der Waals surface area contributed by atoms with Crippen molar-refractivity contribution in [1.29, 1.82) is 0 Å². The average Bonchev–Trinajstić information content (AvgIpc) is 2.28. The van der Waals surface area contributed by atoms with Crippen LogP contribution >= 0.6 is 11.6 Å². The fraction of sp³-hybridized carbons (Fsp3) is 0.200. The molecular formula is C15H15ClO2. The lowest BCUT2D eigenvalue weighted by molar-refractivity contribution is 0.0762. The van der Waals surface area contributed by atoms with Crippen LogP contribution in [0.2, 0.25) is 5.02 Å². The second kappa shape index (κ2) is 5.01. The minimum absolute atomic E-state index is 0.619. The van der Waals surface area contributed by atoms with Crippen LogP contribution in [0.15, 0.2) is 48.5 Å². The number of ether oxygens (including phenoxy) is 1. The number of para-hydroxylation sites is 1. The highest BCUT2D eigenvalue weighted by Crippen LogP contribution is 2.33. The molecule has 94 valence electrons. The van der Waals surface area contributed by atoms with E-state index in [1.165, 1.54) is 0 Å². The summed E-state index contributed by atoms with van der Waals surface area (Å²) in [6.45, 7) is 3.46. The van der Waals surface area contributed by atoms with E-state index in [0.29, 0.717) is 16.5 Å². The maximum Gasteiger partial charge on any atom is 0.133 e. The molecule has 1 N–H and O–H groups in total. The van der Waals surface area contributed by atoms with Crippen LogP contribution in [0.25, 0.3) is 0 Å². The molecule has 2 aromatic carbocycles. The van der Waals surface area contributed by atoms with Crippen LogP contribution < -0.4 is 4.74 Å². The summed E-state index contributed by atoms with van der Waals surface area (Å²) in [5.74, 6) is 1.28. The molecular weight excluding hydrogens is 248 g/mol. The monoisotopic (exact) mass is 262 g/mol. The molecule has 0 amide bonds. The fourth-order valence-electron chi connectivity index (χ4n) is 1.72. The molecule has 2 aromatic rings. The Kier molecular flexibility index (Phi) is 3.60. The Morgan fingerprint density at radius 3 is 2.44 bits per heavy atom.